The summed E-state index contributed by atoms with van der Waals surface area (Å²) in [6, 6.07) is 4.64. The molecule has 0 spiro atoms. The zero-order chi connectivity index (χ0) is 12.7. The molecule has 0 heterocycles. The quantitative estimate of drug-likeness (QED) is 0.744. The lowest BCUT2D eigenvalue weighted by molar-refractivity contribution is 0.145. The molecule has 1 rings (SSSR count). The average molecular weight is 241 g/mol. The minimum atomic E-state index is -0.246. The number of hydrogen-bond acceptors (Lipinski definition) is 3. The first-order chi connectivity index (χ1) is 8.19. The van der Waals surface area contributed by atoms with Crippen LogP contribution in [0.1, 0.15) is 25.5 Å². The third-order valence-corrected chi connectivity index (χ3v) is 2.49. The zero-order valence-corrected chi connectivity index (χ0v) is 10.6. The van der Waals surface area contributed by atoms with E-state index in [4.69, 9.17) is 9.47 Å². The van der Waals surface area contributed by atoms with Gasteiger partial charge in [0.15, 0.2) is 0 Å². The highest BCUT2D eigenvalue weighted by atomic mass is 19.1. The van der Waals surface area contributed by atoms with E-state index in [9.17, 15) is 4.39 Å². The van der Waals surface area contributed by atoms with Crippen molar-refractivity contribution >= 4 is 0 Å². The average Bonchev–Trinajstić information content (AvgIpc) is 2.31. The Bertz CT molecular complexity index is 344. The molecule has 1 atom stereocenters. The highest BCUT2D eigenvalue weighted by Gasteiger charge is 2.11. The molecule has 96 valence electrons. The summed E-state index contributed by atoms with van der Waals surface area (Å²) >= 11 is 0. The molecule has 0 aromatic heterocycles. The van der Waals surface area contributed by atoms with Crippen LogP contribution in [-0.2, 0) is 4.74 Å². The van der Waals surface area contributed by atoms with E-state index < -0.39 is 0 Å². The zero-order valence-electron chi connectivity index (χ0n) is 10.6. The van der Waals surface area contributed by atoms with Crippen LogP contribution in [0.3, 0.4) is 0 Å². The largest absolute Gasteiger partial charge is 0.491 e. The lowest BCUT2D eigenvalue weighted by atomic mass is 10.1. The van der Waals surface area contributed by atoms with Crippen LogP contribution in [-0.4, -0.2) is 26.9 Å². The number of benzene rings is 1. The molecule has 1 N–H and O–H groups in total. The van der Waals surface area contributed by atoms with Crippen LogP contribution in [0.5, 0.6) is 5.75 Å². The molecule has 0 fully saturated rings. The van der Waals surface area contributed by atoms with Gasteiger partial charge in [0.1, 0.15) is 18.2 Å². The number of halogens is 1. The predicted octanol–water partition coefficient (Wildman–Crippen LogP) is 2.52. The second kappa shape index (κ2) is 7.25. The summed E-state index contributed by atoms with van der Waals surface area (Å²) in [5, 5.41) is 3.24. The minimum Gasteiger partial charge on any atom is -0.491 e. The van der Waals surface area contributed by atoms with Crippen LogP contribution in [0.15, 0.2) is 18.2 Å². The summed E-state index contributed by atoms with van der Waals surface area (Å²) in [7, 11) is 1.62. The Hall–Kier alpha value is -1.13. The van der Waals surface area contributed by atoms with Gasteiger partial charge in [0, 0.05) is 18.7 Å². The first-order valence-corrected chi connectivity index (χ1v) is 5.83. The maximum absolute atomic E-state index is 13.2. The monoisotopic (exact) mass is 241 g/mol. The van der Waals surface area contributed by atoms with Crippen molar-refractivity contribution in [2.24, 2.45) is 0 Å². The predicted molar refractivity (Wildman–Crippen MR) is 65.9 cm³/mol. The van der Waals surface area contributed by atoms with E-state index >= 15 is 0 Å². The van der Waals surface area contributed by atoms with Gasteiger partial charge in [-0.05, 0) is 31.7 Å². The standard InChI is InChI=1S/C13H20FNO2/c1-4-15-10(2)12-9-11(14)5-6-13(12)17-8-7-16-3/h5-6,9-10,15H,4,7-8H2,1-3H3. The van der Waals surface area contributed by atoms with Gasteiger partial charge in [-0.15, -0.1) is 0 Å². The van der Waals surface area contributed by atoms with E-state index in [1.807, 2.05) is 13.8 Å². The summed E-state index contributed by atoms with van der Waals surface area (Å²) in [6.45, 7) is 5.82. The Labute approximate surface area is 102 Å². The smallest absolute Gasteiger partial charge is 0.124 e. The van der Waals surface area contributed by atoms with Crippen LogP contribution in [0, 0.1) is 5.82 Å². The molecule has 3 nitrogen and oxygen atoms in total. The molecule has 1 aromatic carbocycles. The fourth-order valence-electron chi connectivity index (χ4n) is 1.64. The third kappa shape index (κ3) is 4.32. The lowest BCUT2D eigenvalue weighted by Crippen LogP contribution is -2.19. The molecule has 4 heteroatoms. The van der Waals surface area contributed by atoms with Gasteiger partial charge >= 0.3 is 0 Å². The Morgan fingerprint density at radius 1 is 1.35 bits per heavy atom. The molecule has 0 saturated heterocycles. The molecule has 0 bridgehead atoms. The number of ether oxygens (including phenoxy) is 2. The van der Waals surface area contributed by atoms with Crippen LogP contribution >= 0.6 is 0 Å². The second-order valence-electron chi connectivity index (χ2n) is 3.80. The first kappa shape index (κ1) is 13.9. The van der Waals surface area contributed by atoms with Gasteiger partial charge in [0.25, 0.3) is 0 Å². The Morgan fingerprint density at radius 2 is 2.12 bits per heavy atom. The van der Waals surface area contributed by atoms with Gasteiger partial charge in [0.05, 0.1) is 6.61 Å². The van der Waals surface area contributed by atoms with E-state index in [-0.39, 0.29) is 11.9 Å². The van der Waals surface area contributed by atoms with Gasteiger partial charge in [-0.2, -0.15) is 0 Å². The molecule has 0 saturated carbocycles. The topological polar surface area (TPSA) is 30.5 Å². The normalized spacial score (nSPS) is 12.5. The number of methoxy groups -OCH3 is 1. The number of nitrogens with one attached hydrogen (secondary N) is 1. The van der Waals surface area contributed by atoms with Gasteiger partial charge in [-0.25, -0.2) is 4.39 Å². The van der Waals surface area contributed by atoms with Crippen LogP contribution < -0.4 is 10.1 Å². The summed E-state index contributed by atoms with van der Waals surface area (Å²) in [6.07, 6.45) is 0. The molecular weight excluding hydrogens is 221 g/mol. The molecule has 0 aliphatic rings. The van der Waals surface area contributed by atoms with Crippen LogP contribution in [0.25, 0.3) is 0 Å². The summed E-state index contributed by atoms with van der Waals surface area (Å²) in [5.41, 5.74) is 0.836. The Kier molecular flexibility index (Phi) is 5.94. The van der Waals surface area contributed by atoms with E-state index in [0.717, 1.165) is 12.1 Å². The van der Waals surface area contributed by atoms with Crippen molar-refractivity contribution in [3.8, 4) is 5.75 Å². The SMILES string of the molecule is CCNC(C)c1cc(F)ccc1OCCOC. The van der Waals surface area contributed by atoms with Crippen molar-refractivity contribution in [2.45, 2.75) is 19.9 Å². The number of hydrogen-bond donors (Lipinski definition) is 1. The van der Waals surface area contributed by atoms with Crippen molar-refractivity contribution in [3.05, 3.63) is 29.6 Å². The molecule has 1 unspecified atom stereocenters. The Morgan fingerprint density at radius 3 is 2.76 bits per heavy atom. The first-order valence-electron chi connectivity index (χ1n) is 5.83. The highest BCUT2D eigenvalue weighted by molar-refractivity contribution is 5.36. The molecule has 0 aliphatic carbocycles. The van der Waals surface area contributed by atoms with Crippen molar-refractivity contribution in [3.63, 3.8) is 0 Å². The third-order valence-electron chi connectivity index (χ3n) is 2.49. The van der Waals surface area contributed by atoms with Crippen LogP contribution in [0.4, 0.5) is 4.39 Å². The Balaban J connectivity index is 2.79. The van der Waals surface area contributed by atoms with Gasteiger partial charge in [-0.3, -0.25) is 0 Å². The summed E-state index contributed by atoms with van der Waals surface area (Å²) in [5.74, 6) is 0.459. The maximum Gasteiger partial charge on any atom is 0.124 e. The fraction of sp³-hybridized carbons (Fsp3) is 0.538. The molecular formula is C13H20FNO2. The molecule has 17 heavy (non-hydrogen) atoms. The van der Waals surface area contributed by atoms with Gasteiger partial charge in [-0.1, -0.05) is 6.92 Å². The lowest BCUT2D eigenvalue weighted by Gasteiger charge is -2.17. The summed E-state index contributed by atoms with van der Waals surface area (Å²) < 4.78 is 23.7. The van der Waals surface area contributed by atoms with Gasteiger partial charge in [0.2, 0.25) is 0 Å². The van der Waals surface area contributed by atoms with E-state index in [0.29, 0.717) is 19.0 Å². The number of rotatable bonds is 7. The summed E-state index contributed by atoms with van der Waals surface area (Å²) in [4.78, 5) is 0. The van der Waals surface area contributed by atoms with Crippen molar-refractivity contribution in [2.75, 3.05) is 26.9 Å². The fourth-order valence-corrected chi connectivity index (χ4v) is 1.64. The maximum atomic E-state index is 13.2. The molecule has 0 amide bonds. The molecule has 1 aromatic rings. The van der Waals surface area contributed by atoms with E-state index in [1.54, 1.807) is 13.2 Å². The van der Waals surface area contributed by atoms with Crippen molar-refractivity contribution in [1.29, 1.82) is 0 Å². The molecule has 0 radical (unpaired) electrons. The second-order valence-corrected chi connectivity index (χ2v) is 3.80. The van der Waals surface area contributed by atoms with Crippen molar-refractivity contribution in [1.82, 2.24) is 5.32 Å². The minimum absolute atomic E-state index is 0.0632. The van der Waals surface area contributed by atoms with Crippen molar-refractivity contribution < 1.29 is 13.9 Å². The highest BCUT2D eigenvalue weighted by Crippen LogP contribution is 2.26. The molecule has 0 aliphatic heterocycles. The van der Waals surface area contributed by atoms with Gasteiger partial charge < -0.3 is 14.8 Å². The van der Waals surface area contributed by atoms with E-state index in [2.05, 4.69) is 5.32 Å². The van der Waals surface area contributed by atoms with Crippen LogP contribution in [0.2, 0.25) is 0 Å². The van der Waals surface area contributed by atoms with E-state index in [1.165, 1.54) is 12.1 Å².